The van der Waals surface area contributed by atoms with Crippen molar-refractivity contribution in [2.75, 3.05) is 63.6 Å². The quantitative estimate of drug-likeness (QED) is 0.0702. The molecule has 17 aromatic rings. The lowest BCUT2D eigenvalue weighted by Gasteiger charge is -2.31. The van der Waals surface area contributed by atoms with E-state index in [2.05, 4.69) is 109 Å². The Bertz CT molecular complexity index is 6170. The first-order chi connectivity index (χ1) is 52.9. The molecule has 23 nitrogen and oxygen atoms in total. The maximum Gasteiger partial charge on any atom is 0.255 e. The van der Waals surface area contributed by atoms with E-state index in [1.807, 2.05) is 141 Å². The summed E-state index contributed by atoms with van der Waals surface area (Å²) >= 11 is 3.18. The number of H-pyrrole nitrogens is 3. The Hall–Kier alpha value is -12.7. The first kappa shape index (κ1) is 67.2. The van der Waals surface area contributed by atoms with E-state index < -0.39 is 0 Å². The number of aromatic amines is 3. The number of anilines is 3. The van der Waals surface area contributed by atoms with Crippen LogP contribution in [0, 0.1) is 0 Å². The summed E-state index contributed by atoms with van der Waals surface area (Å²) < 4.78 is 13.7. The number of thiophene rings is 1. The van der Waals surface area contributed by atoms with Crippen LogP contribution in [0.2, 0.25) is 0 Å². The van der Waals surface area contributed by atoms with Crippen molar-refractivity contribution in [3.8, 4) is 39.9 Å². The lowest BCUT2D eigenvalue weighted by Crippen LogP contribution is -2.39. The maximum absolute atomic E-state index is 13.3. The van der Waals surface area contributed by atoms with Gasteiger partial charge in [-0.05, 0) is 117 Å². The number of thiazole rings is 1. The van der Waals surface area contributed by atoms with Gasteiger partial charge in [-0.2, -0.15) is 0 Å². The Morgan fingerprint density at radius 3 is 1.41 bits per heavy atom. The first-order valence-corrected chi connectivity index (χ1v) is 38.1. The number of likely N-dealkylation sites (tertiary alicyclic amines) is 3. The molecule has 20 rings (SSSR count). The highest BCUT2D eigenvalue weighted by atomic mass is 32.1. The number of nitrogen functional groups attached to an aromatic ring is 3. The molecule has 3 amide bonds. The number of carbonyl (C=O) groups excluding carboxylic acids is 3. The van der Waals surface area contributed by atoms with Gasteiger partial charge in [0.25, 0.3) is 11.8 Å². The number of nitrogens with zero attached hydrogens (tertiary/aromatic N) is 13. The van der Waals surface area contributed by atoms with Gasteiger partial charge in [-0.1, -0.05) is 84.9 Å². The van der Waals surface area contributed by atoms with Crippen molar-refractivity contribution in [3.63, 3.8) is 0 Å². The lowest BCUT2D eigenvalue weighted by atomic mass is 9.95. The summed E-state index contributed by atoms with van der Waals surface area (Å²) in [6.45, 7) is 4.16. The summed E-state index contributed by atoms with van der Waals surface area (Å²) in [4.78, 5) is 88.5. The highest BCUT2D eigenvalue weighted by Crippen LogP contribution is 2.41. The summed E-state index contributed by atoms with van der Waals surface area (Å²) in [5, 5.41) is 6.41. The number of benzene rings is 6. The fraction of sp³-hybridized carbons (Fsp3) is 0.205. The number of nitrogens with two attached hydrogens (primary N) is 3. The van der Waals surface area contributed by atoms with Gasteiger partial charge in [0.1, 0.15) is 74.3 Å². The fourth-order valence-corrected chi connectivity index (χ4v) is 17.6. The molecule has 3 fully saturated rings. The number of rotatable bonds is 11. The topological polar surface area (TPSA) is 299 Å². The van der Waals surface area contributed by atoms with Gasteiger partial charge in [0, 0.05) is 148 Å². The molecule has 6 aromatic carbocycles. The number of hydrogen-bond donors (Lipinski definition) is 6. The Balaban J connectivity index is 0.000000114. The number of para-hydroxylation sites is 3. The maximum atomic E-state index is 13.3. The number of hydrogen-bond acceptors (Lipinski definition) is 16. The highest BCUT2D eigenvalue weighted by Gasteiger charge is 2.34. The Labute approximate surface area is 626 Å². The largest absolute Gasteiger partial charge is 0.497 e. The molecule has 0 atom stereocenters. The number of ether oxygens (including phenoxy) is 1. The molecule has 3 aliphatic heterocycles. The summed E-state index contributed by atoms with van der Waals surface area (Å²) in [5.74, 6) is 6.03. The van der Waals surface area contributed by atoms with E-state index in [1.165, 1.54) is 0 Å². The molecular weight excluding hydrogens is 1390 g/mol. The third kappa shape index (κ3) is 12.6. The van der Waals surface area contributed by atoms with E-state index in [0.29, 0.717) is 63.1 Å². The van der Waals surface area contributed by atoms with Gasteiger partial charge in [-0.15, -0.1) is 22.7 Å². The van der Waals surface area contributed by atoms with E-state index in [4.69, 9.17) is 36.9 Å². The molecule has 0 spiro atoms. The summed E-state index contributed by atoms with van der Waals surface area (Å²) in [7, 11) is 1.64. The van der Waals surface area contributed by atoms with Gasteiger partial charge in [0.15, 0.2) is 0 Å². The van der Waals surface area contributed by atoms with E-state index >= 15 is 0 Å². The predicted molar refractivity (Wildman–Crippen MR) is 427 cm³/mol. The normalized spacial score (nSPS) is 14.7. The summed E-state index contributed by atoms with van der Waals surface area (Å²) in [6, 6.07) is 52.4. The van der Waals surface area contributed by atoms with Crippen molar-refractivity contribution in [1.82, 2.24) is 77.7 Å². The predicted octanol–water partition coefficient (Wildman–Crippen LogP) is 15.2. The van der Waals surface area contributed by atoms with E-state index in [0.717, 1.165) is 182 Å². The summed E-state index contributed by atoms with van der Waals surface area (Å²) in [5.41, 5.74) is 35.1. The van der Waals surface area contributed by atoms with Crippen LogP contribution in [-0.2, 0) is 11.2 Å². The van der Waals surface area contributed by atoms with Crippen LogP contribution in [0.15, 0.2) is 206 Å². The molecule has 11 aromatic heterocycles. The van der Waals surface area contributed by atoms with Gasteiger partial charge < -0.3 is 51.6 Å². The lowest BCUT2D eigenvalue weighted by molar-refractivity contribution is -0.131. The Morgan fingerprint density at radius 1 is 0.472 bits per heavy atom. The number of amides is 3. The zero-order chi connectivity index (χ0) is 73.1. The highest BCUT2D eigenvalue weighted by molar-refractivity contribution is 7.17. The molecular formula is C83H75N19O4S2. The van der Waals surface area contributed by atoms with Crippen LogP contribution in [0.5, 0.6) is 5.75 Å². The molecule has 14 heterocycles. The fourth-order valence-electron chi connectivity index (χ4n) is 15.9. The van der Waals surface area contributed by atoms with Gasteiger partial charge in [0.2, 0.25) is 5.91 Å². The van der Waals surface area contributed by atoms with Crippen LogP contribution in [0.1, 0.15) is 100 Å². The monoisotopic (exact) mass is 1470 g/mol. The molecule has 3 aliphatic rings. The molecule has 0 saturated carbocycles. The van der Waals surface area contributed by atoms with Gasteiger partial charge >= 0.3 is 0 Å². The van der Waals surface area contributed by atoms with Crippen LogP contribution in [0.25, 0.3) is 104 Å². The molecule has 0 unspecified atom stereocenters. The standard InChI is InChI=1S/C28H28N6O2.C28H24N6OS.C27H23N7OS/c1-36-21-7-4-5-18(15-21)16-24(35)33-12-9-19(10-13-33)28-32-25(26-27(29)30-11-14-34(26)28)23-17-20-6-2-3-8-22(20)31-23;29-26-25-24(22-15-18-5-1-3-7-21(18)31-22)32-27(34(25)14-11-30-26)17-9-12-33(13-10-17)28(35)20-16-36-23-8-4-2-6-19(20)23;28-25-24-23(21-13-17-3-1-2-4-19(17)31-21)32-26(34(24)12-9-29-25)16-7-10-33(11-8-16)27(35)18-5-6-20-22(14-18)36-15-30-20/h2-8,11,14-15,17,19,31H,9-10,12-13,16H2,1H3,(H2,29,30);1-8,11,14-17,31H,9-10,12-13H2,(H2,29,30);1-6,9,12-16,31H,7-8,10-11H2,(H2,28,29). The SMILES string of the molecule is COc1cccc(CC(=O)N2CCC(c3nc(-c4cc5ccccc5[nH]4)c4c(N)nccn34)CC2)c1.Nc1nccn2c(C3CCN(C(=O)c4ccc5ncsc5c4)CC3)nc(-c3cc4ccccc4[nH]3)c12.Nc1nccn2c(C3CCN(C(=O)c4csc5ccccc45)CC3)nc(-c3cc4ccccc4[nH]3)c12. The van der Waals surface area contributed by atoms with Crippen LogP contribution < -0.4 is 21.9 Å². The number of carbonyl (C=O) groups is 3. The second-order valence-electron chi connectivity index (χ2n) is 27.9. The number of fused-ring (bicyclic) bond motifs is 8. The van der Waals surface area contributed by atoms with Crippen LogP contribution in [-0.4, -0.2) is 142 Å². The van der Waals surface area contributed by atoms with Crippen molar-refractivity contribution >= 4 is 127 Å². The smallest absolute Gasteiger partial charge is 0.255 e. The molecule has 9 N–H and O–H groups in total. The summed E-state index contributed by atoms with van der Waals surface area (Å²) in [6.07, 6.45) is 16.4. The minimum absolute atomic E-state index is 0.0731. The number of methoxy groups -OCH3 is 1. The van der Waals surface area contributed by atoms with Crippen molar-refractivity contribution < 1.29 is 19.1 Å². The van der Waals surface area contributed by atoms with E-state index in [-0.39, 0.29) is 35.5 Å². The average Bonchev–Trinajstić information content (AvgIpc) is 1.61. The number of piperidine rings is 3. The van der Waals surface area contributed by atoms with E-state index in [1.54, 1.807) is 48.4 Å². The Kier molecular flexibility index (Phi) is 17.6. The number of nitrogens with one attached hydrogen (secondary N) is 3. The minimum Gasteiger partial charge on any atom is -0.497 e. The van der Waals surface area contributed by atoms with E-state index in [9.17, 15) is 14.4 Å². The Morgan fingerprint density at radius 2 is 0.926 bits per heavy atom. The number of aromatic nitrogens is 13. The molecule has 3 saturated heterocycles. The van der Waals surface area contributed by atoms with Crippen molar-refractivity contribution in [3.05, 3.63) is 240 Å². The molecule has 0 radical (unpaired) electrons. The number of imidazole rings is 3. The van der Waals surface area contributed by atoms with Crippen LogP contribution in [0.4, 0.5) is 17.5 Å². The zero-order valence-corrected chi connectivity index (χ0v) is 60.7. The van der Waals surface area contributed by atoms with Crippen LogP contribution in [0.3, 0.4) is 0 Å². The zero-order valence-electron chi connectivity index (χ0n) is 59.0. The van der Waals surface area contributed by atoms with Crippen molar-refractivity contribution in [2.45, 2.75) is 62.7 Å². The minimum atomic E-state index is 0.0731. The second-order valence-corrected chi connectivity index (χ2v) is 29.7. The third-order valence-electron chi connectivity index (χ3n) is 21.5. The first-order valence-electron chi connectivity index (χ1n) is 36.3. The molecule has 0 bridgehead atoms. The molecule has 538 valence electrons. The van der Waals surface area contributed by atoms with Gasteiger partial charge in [-0.3, -0.25) is 27.6 Å². The second kappa shape index (κ2) is 28.3. The molecule has 25 heteroatoms. The van der Waals surface area contributed by atoms with Gasteiger partial charge in [-0.25, -0.2) is 34.9 Å². The van der Waals surface area contributed by atoms with Crippen molar-refractivity contribution in [2.24, 2.45) is 0 Å². The van der Waals surface area contributed by atoms with Crippen LogP contribution >= 0.6 is 22.7 Å². The molecule has 0 aliphatic carbocycles. The van der Waals surface area contributed by atoms with Gasteiger partial charge in [0.05, 0.1) is 51.9 Å². The average molecular weight is 1470 g/mol. The third-order valence-corrected chi connectivity index (χ3v) is 23.2. The van der Waals surface area contributed by atoms with Crippen molar-refractivity contribution in [1.29, 1.82) is 0 Å². The molecule has 108 heavy (non-hydrogen) atoms.